The van der Waals surface area contributed by atoms with Crippen molar-refractivity contribution >= 4 is 46.6 Å². The average Bonchev–Trinajstić information content (AvgIpc) is 3.24. The van der Waals surface area contributed by atoms with Crippen molar-refractivity contribution in [1.82, 2.24) is 4.57 Å². The highest BCUT2D eigenvalue weighted by atomic mass is 35.5. The summed E-state index contributed by atoms with van der Waals surface area (Å²) >= 11 is 13.5. The maximum atomic E-state index is 13.9. The number of fused-ring (bicyclic) bond motifs is 1. The number of carbonyl (C=O) groups excluding carboxylic acids is 1. The standard InChI is InChI=1S/C29H30Cl2N2O6S/c1-5-6-11-38-22-10-8-19(16-23(22)37-4)26-25(28(35)39-13-12-36-3)17(2)32-29-33(26)27(34)24(40-29)15-18-7-9-20(30)21(31)14-18/h7-10,14-16,26H,5-6,11-13H2,1-4H3/b24-15-. The fraction of sp³-hybridized carbons (Fsp3) is 0.345. The molecular weight excluding hydrogens is 575 g/mol. The molecule has 1 aromatic heterocycles. The number of halogens is 2. The Morgan fingerprint density at radius 3 is 2.58 bits per heavy atom. The van der Waals surface area contributed by atoms with E-state index in [9.17, 15) is 9.59 Å². The Kier molecular flexibility index (Phi) is 10.1. The Bertz CT molecular complexity index is 1610. The van der Waals surface area contributed by atoms with Gasteiger partial charge in [0.2, 0.25) is 0 Å². The van der Waals surface area contributed by atoms with Gasteiger partial charge in [0.1, 0.15) is 6.61 Å². The van der Waals surface area contributed by atoms with Gasteiger partial charge < -0.3 is 18.9 Å². The minimum absolute atomic E-state index is 0.0636. The Labute approximate surface area is 246 Å². The molecule has 40 heavy (non-hydrogen) atoms. The van der Waals surface area contributed by atoms with E-state index in [0.717, 1.165) is 12.8 Å². The molecule has 3 aromatic rings. The predicted octanol–water partition coefficient (Wildman–Crippen LogP) is 4.92. The van der Waals surface area contributed by atoms with E-state index in [2.05, 4.69) is 11.9 Å². The van der Waals surface area contributed by atoms with Crippen molar-refractivity contribution in [1.29, 1.82) is 0 Å². The molecular formula is C29H30Cl2N2O6S. The molecule has 1 aliphatic rings. The number of hydrogen-bond acceptors (Lipinski definition) is 8. The number of allylic oxidation sites excluding steroid dienone is 1. The number of rotatable bonds is 11. The highest BCUT2D eigenvalue weighted by molar-refractivity contribution is 7.07. The Balaban J connectivity index is 1.87. The van der Waals surface area contributed by atoms with E-state index in [1.165, 1.54) is 23.0 Å². The molecule has 1 atom stereocenters. The van der Waals surface area contributed by atoms with Crippen molar-refractivity contribution in [2.45, 2.75) is 32.7 Å². The Morgan fingerprint density at radius 1 is 1.07 bits per heavy atom. The highest BCUT2D eigenvalue weighted by Gasteiger charge is 2.34. The second-order valence-electron chi connectivity index (χ2n) is 9.00. The fourth-order valence-electron chi connectivity index (χ4n) is 4.25. The zero-order valence-corrected chi connectivity index (χ0v) is 25.0. The van der Waals surface area contributed by atoms with E-state index >= 15 is 0 Å². The van der Waals surface area contributed by atoms with Gasteiger partial charge in [0.05, 0.1) is 52.2 Å². The van der Waals surface area contributed by atoms with Gasteiger partial charge in [-0.05, 0) is 54.8 Å². The number of aromatic nitrogens is 1. The molecule has 2 aromatic carbocycles. The summed E-state index contributed by atoms with van der Waals surface area (Å²) < 4.78 is 24.0. The molecule has 0 bridgehead atoms. The summed E-state index contributed by atoms with van der Waals surface area (Å²) in [5.41, 5.74) is 1.76. The molecule has 0 radical (unpaired) electrons. The van der Waals surface area contributed by atoms with Crippen molar-refractivity contribution in [3.05, 3.63) is 88.5 Å². The van der Waals surface area contributed by atoms with Gasteiger partial charge in [-0.15, -0.1) is 0 Å². The number of ether oxygens (including phenoxy) is 4. The van der Waals surface area contributed by atoms with Crippen molar-refractivity contribution in [2.24, 2.45) is 4.99 Å². The first-order valence-electron chi connectivity index (χ1n) is 12.7. The summed E-state index contributed by atoms with van der Waals surface area (Å²) in [5, 5.41) is 0.801. The van der Waals surface area contributed by atoms with E-state index in [-0.39, 0.29) is 24.3 Å². The molecule has 1 aliphatic heterocycles. The van der Waals surface area contributed by atoms with E-state index in [4.69, 9.17) is 42.1 Å². The fourth-order valence-corrected chi connectivity index (χ4v) is 5.60. The molecule has 1 unspecified atom stereocenters. The summed E-state index contributed by atoms with van der Waals surface area (Å²) in [4.78, 5) is 32.3. The molecule has 0 fully saturated rings. The lowest BCUT2D eigenvalue weighted by Crippen LogP contribution is -2.40. The zero-order valence-electron chi connectivity index (χ0n) is 22.7. The van der Waals surface area contributed by atoms with Crippen LogP contribution in [-0.2, 0) is 14.3 Å². The third kappa shape index (κ3) is 6.44. The smallest absolute Gasteiger partial charge is 0.338 e. The summed E-state index contributed by atoms with van der Waals surface area (Å²) in [6.45, 7) is 4.67. The van der Waals surface area contributed by atoms with Gasteiger partial charge in [0.15, 0.2) is 16.3 Å². The third-order valence-electron chi connectivity index (χ3n) is 6.26. The van der Waals surface area contributed by atoms with Crippen molar-refractivity contribution in [2.75, 3.05) is 34.0 Å². The van der Waals surface area contributed by atoms with Crippen LogP contribution in [0, 0.1) is 0 Å². The molecule has 4 rings (SSSR count). The molecule has 11 heteroatoms. The van der Waals surface area contributed by atoms with Crippen molar-refractivity contribution < 1.29 is 23.7 Å². The van der Waals surface area contributed by atoms with Gasteiger partial charge in [-0.2, -0.15) is 0 Å². The van der Waals surface area contributed by atoms with Crippen LogP contribution >= 0.6 is 34.5 Å². The largest absolute Gasteiger partial charge is 0.493 e. The molecule has 0 saturated carbocycles. The summed E-state index contributed by atoms with van der Waals surface area (Å²) in [5.74, 6) is 0.495. The monoisotopic (exact) mass is 604 g/mol. The Morgan fingerprint density at radius 2 is 1.88 bits per heavy atom. The summed E-state index contributed by atoms with van der Waals surface area (Å²) in [6, 6.07) is 9.72. The van der Waals surface area contributed by atoms with E-state index < -0.39 is 12.0 Å². The minimum Gasteiger partial charge on any atom is -0.493 e. The van der Waals surface area contributed by atoms with Crippen molar-refractivity contribution in [3.8, 4) is 11.5 Å². The number of carbonyl (C=O) groups is 1. The van der Waals surface area contributed by atoms with Crippen LogP contribution in [0.15, 0.2) is 57.5 Å². The van der Waals surface area contributed by atoms with Gasteiger partial charge >= 0.3 is 5.97 Å². The lowest BCUT2D eigenvalue weighted by molar-refractivity contribution is -0.140. The van der Waals surface area contributed by atoms with Crippen LogP contribution in [0.3, 0.4) is 0 Å². The maximum absolute atomic E-state index is 13.9. The van der Waals surface area contributed by atoms with Crippen LogP contribution in [0.5, 0.6) is 11.5 Å². The van der Waals surface area contributed by atoms with Crippen molar-refractivity contribution in [3.63, 3.8) is 0 Å². The van der Waals surface area contributed by atoms with Gasteiger partial charge in [-0.25, -0.2) is 9.79 Å². The van der Waals surface area contributed by atoms with E-state index in [1.54, 1.807) is 50.4 Å². The first-order valence-corrected chi connectivity index (χ1v) is 14.3. The molecule has 0 spiro atoms. The molecule has 0 amide bonds. The quantitative estimate of drug-likeness (QED) is 0.228. The molecule has 2 heterocycles. The minimum atomic E-state index is -0.805. The molecule has 0 aliphatic carbocycles. The second kappa shape index (κ2) is 13.5. The van der Waals surface area contributed by atoms with Crippen LogP contribution in [0.4, 0.5) is 0 Å². The number of hydrogen-bond donors (Lipinski definition) is 0. The number of nitrogens with zero attached hydrogens (tertiary/aromatic N) is 2. The SMILES string of the molecule is CCCCOc1ccc(C2C(C(=O)OCCOC)=C(C)N=c3s/c(=C\c4ccc(Cl)c(Cl)c4)c(=O)n32)cc1OC. The highest BCUT2D eigenvalue weighted by Crippen LogP contribution is 2.36. The normalized spacial score (nSPS) is 15.1. The van der Waals surface area contributed by atoms with Crippen LogP contribution in [-0.4, -0.2) is 44.6 Å². The van der Waals surface area contributed by atoms with Gasteiger partial charge in [-0.1, -0.05) is 60.0 Å². The number of thiazole rings is 1. The molecule has 212 valence electrons. The van der Waals surface area contributed by atoms with Gasteiger partial charge in [-0.3, -0.25) is 9.36 Å². The van der Waals surface area contributed by atoms with E-state index in [0.29, 0.717) is 54.3 Å². The predicted molar refractivity (Wildman–Crippen MR) is 156 cm³/mol. The first kappa shape index (κ1) is 29.9. The lowest BCUT2D eigenvalue weighted by atomic mass is 9.95. The number of benzene rings is 2. The summed E-state index contributed by atoms with van der Waals surface area (Å²) in [7, 11) is 3.08. The summed E-state index contributed by atoms with van der Waals surface area (Å²) in [6.07, 6.45) is 3.63. The number of methoxy groups -OCH3 is 2. The van der Waals surface area contributed by atoms with Crippen LogP contribution < -0.4 is 24.4 Å². The second-order valence-corrected chi connectivity index (χ2v) is 10.8. The lowest BCUT2D eigenvalue weighted by Gasteiger charge is -2.25. The van der Waals surface area contributed by atoms with E-state index in [1.807, 2.05) is 6.07 Å². The van der Waals surface area contributed by atoms with Gasteiger partial charge in [0.25, 0.3) is 5.56 Å². The molecule has 8 nitrogen and oxygen atoms in total. The van der Waals surface area contributed by atoms with Crippen LogP contribution in [0.1, 0.15) is 43.9 Å². The van der Waals surface area contributed by atoms with Gasteiger partial charge in [0, 0.05) is 7.11 Å². The topological polar surface area (TPSA) is 88.4 Å². The van der Waals surface area contributed by atoms with Crippen LogP contribution in [0.25, 0.3) is 6.08 Å². The molecule has 0 saturated heterocycles. The first-order chi connectivity index (χ1) is 19.3. The third-order valence-corrected chi connectivity index (χ3v) is 7.98. The van der Waals surface area contributed by atoms with Crippen LogP contribution in [0.2, 0.25) is 10.0 Å². The Hall–Kier alpha value is -3.11. The molecule has 0 N–H and O–H groups in total. The number of esters is 1. The average molecular weight is 606 g/mol. The zero-order chi connectivity index (χ0) is 28.8. The number of unbranched alkanes of at least 4 members (excludes halogenated alkanes) is 1. The maximum Gasteiger partial charge on any atom is 0.338 e.